The molecule has 1 aromatic rings. The largest absolute Gasteiger partial charge is 0.377 e. The van der Waals surface area contributed by atoms with E-state index in [0.29, 0.717) is 32.8 Å². The molecule has 1 atom stereocenters. The summed E-state index contributed by atoms with van der Waals surface area (Å²) in [5.41, 5.74) is 7.32. The molecule has 1 unspecified atom stereocenters. The quantitative estimate of drug-likeness (QED) is 0.808. The highest BCUT2D eigenvalue weighted by atomic mass is 16.5. The number of morpholine rings is 1. The van der Waals surface area contributed by atoms with Crippen molar-refractivity contribution in [2.45, 2.75) is 25.9 Å². The molecule has 110 valence electrons. The summed E-state index contributed by atoms with van der Waals surface area (Å²) in [5, 5.41) is 2.92. The van der Waals surface area contributed by atoms with Crippen molar-refractivity contribution in [2.24, 2.45) is 5.73 Å². The predicted molar refractivity (Wildman–Crippen MR) is 77.4 cm³/mol. The maximum absolute atomic E-state index is 12.2. The van der Waals surface area contributed by atoms with Crippen LogP contribution in [0, 0.1) is 0 Å². The lowest BCUT2D eigenvalue weighted by molar-refractivity contribution is -0.124. The van der Waals surface area contributed by atoms with E-state index in [9.17, 15) is 4.79 Å². The van der Waals surface area contributed by atoms with Crippen LogP contribution in [0.1, 0.15) is 19.0 Å². The van der Waals surface area contributed by atoms with Crippen LogP contribution in [0.15, 0.2) is 18.3 Å². The summed E-state index contributed by atoms with van der Waals surface area (Å²) in [7, 11) is 0. The van der Waals surface area contributed by atoms with Crippen LogP contribution in [-0.2, 0) is 16.1 Å². The maximum Gasteiger partial charge on any atom is 0.245 e. The Bertz CT molecular complexity index is 435. The van der Waals surface area contributed by atoms with Crippen molar-refractivity contribution >= 4 is 11.6 Å². The van der Waals surface area contributed by atoms with Crippen LogP contribution in [0.3, 0.4) is 0 Å². The van der Waals surface area contributed by atoms with Gasteiger partial charge in [0.05, 0.1) is 30.8 Å². The van der Waals surface area contributed by atoms with Crippen LogP contribution < -0.4 is 16.0 Å². The Balaban J connectivity index is 2.10. The second kappa shape index (κ2) is 7.21. The minimum absolute atomic E-state index is 0.00875. The highest BCUT2D eigenvalue weighted by molar-refractivity contribution is 5.85. The van der Waals surface area contributed by atoms with E-state index in [2.05, 4.69) is 10.3 Å². The molecule has 1 aromatic heterocycles. The summed E-state index contributed by atoms with van der Waals surface area (Å²) in [6.45, 7) is 4.86. The van der Waals surface area contributed by atoms with Gasteiger partial charge in [-0.3, -0.25) is 9.78 Å². The van der Waals surface area contributed by atoms with Crippen LogP contribution >= 0.6 is 0 Å². The van der Waals surface area contributed by atoms with Gasteiger partial charge in [-0.2, -0.15) is 0 Å². The Labute approximate surface area is 119 Å². The van der Waals surface area contributed by atoms with Gasteiger partial charge in [-0.05, 0) is 18.6 Å². The number of pyridine rings is 1. The zero-order valence-corrected chi connectivity index (χ0v) is 11.8. The van der Waals surface area contributed by atoms with Crippen molar-refractivity contribution in [3.63, 3.8) is 0 Å². The van der Waals surface area contributed by atoms with Gasteiger partial charge >= 0.3 is 0 Å². The number of hydrogen-bond donors (Lipinski definition) is 2. The zero-order chi connectivity index (χ0) is 14.4. The minimum atomic E-state index is -0.291. The fraction of sp³-hybridized carbons (Fsp3) is 0.571. The summed E-state index contributed by atoms with van der Waals surface area (Å²) < 4.78 is 5.44. The topological polar surface area (TPSA) is 80.5 Å². The van der Waals surface area contributed by atoms with Crippen molar-refractivity contribution < 1.29 is 9.53 Å². The van der Waals surface area contributed by atoms with Gasteiger partial charge in [0.1, 0.15) is 6.04 Å². The van der Waals surface area contributed by atoms with Crippen LogP contribution in [-0.4, -0.2) is 43.2 Å². The maximum atomic E-state index is 12.2. The van der Waals surface area contributed by atoms with Crippen LogP contribution in [0.25, 0.3) is 0 Å². The van der Waals surface area contributed by atoms with Crippen molar-refractivity contribution in [1.29, 1.82) is 0 Å². The van der Waals surface area contributed by atoms with E-state index in [1.165, 1.54) is 0 Å². The van der Waals surface area contributed by atoms with E-state index in [1.54, 1.807) is 6.20 Å². The summed E-state index contributed by atoms with van der Waals surface area (Å²) >= 11 is 0. The third-order valence-corrected chi connectivity index (χ3v) is 3.33. The molecule has 0 aliphatic carbocycles. The molecule has 1 aliphatic rings. The molecule has 1 fully saturated rings. The van der Waals surface area contributed by atoms with Gasteiger partial charge in [0.15, 0.2) is 0 Å². The standard InChI is InChI=1S/C14H22N4O2/c1-2-5-16-14(19)13-10-20-7-6-18(13)12-4-3-11(8-15)17-9-12/h3-4,9,13H,2,5-8,10,15H2,1H3,(H,16,19). The Kier molecular flexibility index (Phi) is 5.31. The number of rotatable bonds is 5. The molecule has 2 rings (SSSR count). The van der Waals surface area contributed by atoms with Gasteiger partial charge in [-0.15, -0.1) is 0 Å². The smallest absolute Gasteiger partial charge is 0.245 e. The number of nitrogens with two attached hydrogens (primary N) is 1. The third-order valence-electron chi connectivity index (χ3n) is 3.33. The third kappa shape index (κ3) is 3.46. The first-order valence-electron chi connectivity index (χ1n) is 7.03. The summed E-state index contributed by atoms with van der Waals surface area (Å²) in [5.74, 6) is 0.00875. The molecule has 0 bridgehead atoms. The number of nitrogens with one attached hydrogen (secondary N) is 1. The number of nitrogens with zero attached hydrogens (tertiary/aromatic N) is 2. The molecule has 1 amide bonds. The van der Waals surface area contributed by atoms with Crippen molar-refractivity contribution in [1.82, 2.24) is 10.3 Å². The number of amides is 1. The van der Waals surface area contributed by atoms with Gasteiger partial charge in [0.2, 0.25) is 5.91 Å². The zero-order valence-electron chi connectivity index (χ0n) is 11.8. The van der Waals surface area contributed by atoms with Gasteiger partial charge in [0.25, 0.3) is 0 Å². The normalized spacial score (nSPS) is 18.9. The second-order valence-electron chi connectivity index (χ2n) is 4.79. The van der Waals surface area contributed by atoms with E-state index < -0.39 is 0 Å². The van der Waals surface area contributed by atoms with Crippen molar-refractivity contribution in [3.05, 3.63) is 24.0 Å². The molecule has 1 aliphatic heterocycles. The number of hydrogen-bond acceptors (Lipinski definition) is 5. The Morgan fingerprint density at radius 2 is 2.45 bits per heavy atom. The molecule has 6 heteroatoms. The van der Waals surface area contributed by atoms with E-state index in [-0.39, 0.29) is 11.9 Å². The molecular formula is C14H22N4O2. The van der Waals surface area contributed by atoms with E-state index in [1.807, 2.05) is 24.0 Å². The first-order chi connectivity index (χ1) is 9.76. The summed E-state index contributed by atoms with van der Waals surface area (Å²) in [6, 6.07) is 3.56. The van der Waals surface area contributed by atoms with Crippen LogP contribution in [0.4, 0.5) is 5.69 Å². The Hall–Kier alpha value is -1.66. The summed E-state index contributed by atoms with van der Waals surface area (Å²) in [4.78, 5) is 18.5. The fourth-order valence-electron chi connectivity index (χ4n) is 2.20. The molecule has 3 N–H and O–H groups in total. The number of aromatic nitrogens is 1. The van der Waals surface area contributed by atoms with E-state index in [4.69, 9.17) is 10.5 Å². The van der Waals surface area contributed by atoms with Gasteiger partial charge in [-0.1, -0.05) is 6.92 Å². The lowest BCUT2D eigenvalue weighted by Crippen LogP contribution is -2.54. The minimum Gasteiger partial charge on any atom is -0.377 e. The highest BCUT2D eigenvalue weighted by Crippen LogP contribution is 2.19. The lowest BCUT2D eigenvalue weighted by Gasteiger charge is -2.36. The second-order valence-corrected chi connectivity index (χ2v) is 4.79. The SMILES string of the molecule is CCCNC(=O)C1COCCN1c1ccc(CN)nc1. The van der Waals surface area contributed by atoms with Gasteiger partial charge < -0.3 is 20.7 Å². The Morgan fingerprint density at radius 1 is 1.60 bits per heavy atom. The first kappa shape index (κ1) is 14.7. The van der Waals surface area contributed by atoms with Crippen molar-refractivity contribution in [2.75, 3.05) is 31.2 Å². The Morgan fingerprint density at radius 3 is 3.10 bits per heavy atom. The van der Waals surface area contributed by atoms with Gasteiger partial charge in [-0.25, -0.2) is 0 Å². The average molecular weight is 278 g/mol. The number of ether oxygens (including phenoxy) is 1. The summed E-state index contributed by atoms with van der Waals surface area (Å²) in [6.07, 6.45) is 2.69. The number of carbonyl (C=O) groups is 1. The number of carbonyl (C=O) groups excluding carboxylic acids is 1. The van der Waals surface area contributed by atoms with E-state index >= 15 is 0 Å². The predicted octanol–water partition coefficient (Wildman–Crippen LogP) is 0.272. The van der Waals surface area contributed by atoms with Crippen LogP contribution in [0.2, 0.25) is 0 Å². The lowest BCUT2D eigenvalue weighted by atomic mass is 10.2. The highest BCUT2D eigenvalue weighted by Gasteiger charge is 2.29. The van der Waals surface area contributed by atoms with Crippen molar-refractivity contribution in [3.8, 4) is 0 Å². The molecule has 1 saturated heterocycles. The average Bonchev–Trinajstić information content (AvgIpc) is 2.52. The molecule has 20 heavy (non-hydrogen) atoms. The van der Waals surface area contributed by atoms with Crippen LogP contribution in [0.5, 0.6) is 0 Å². The van der Waals surface area contributed by atoms with E-state index in [0.717, 1.165) is 17.8 Å². The molecule has 0 aromatic carbocycles. The molecule has 6 nitrogen and oxygen atoms in total. The number of anilines is 1. The molecule has 0 spiro atoms. The molecular weight excluding hydrogens is 256 g/mol. The molecule has 0 saturated carbocycles. The first-order valence-corrected chi connectivity index (χ1v) is 7.03. The molecule has 2 heterocycles. The molecule has 0 radical (unpaired) electrons. The van der Waals surface area contributed by atoms with Gasteiger partial charge in [0, 0.05) is 19.6 Å². The fourth-order valence-corrected chi connectivity index (χ4v) is 2.20. The monoisotopic (exact) mass is 278 g/mol.